The molecule has 6 nitrogen and oxygen atoms in total. The summed E-state index contributed by atoms with van der Waals surface area (Å²) in [4.78, 5) is 28.1. The lowest BCUT2D eigenvalue weighted by atomic mass is 10.0. The molecule has 1 aliphatic heterocycles. The van der Waals surface area contributed by atoms with Crippen LogP contribution in [0.3, 0.4) is 0 Å². The van der Waals surface area contributed by atoms with Crippen molar-refractivity contribution in [3.63, 3.8) is 0 Å². The number of carbonyl (C=O) groups is 2. The van der Waals surface area contributed by atoms with E-state index in [0.29, 0.717) is 24.2 Å². The molecule has 0 saturated carbocycles. The Morgan fingerprint density at radius 2 is 1.91 bits per heavy atom. The van der Waals surface area contributed by atoms with Crippen LogP contribution >= 0.6 is 0 Å². The second-order valence-corrected chi connectivity index (χ2v) is 15.4. The third-order valence-electron chi connectivity index (χ3n) is 6.03. The summed E-state index contributed by atoms with van der Waals surface area (Å²) >= 11 is 0. The summed E-state index contributed by atoms with van der Waals surface area (Å²) in [7, 11) is -0.0451. The molecule has 0 atom stereocenters. The fourth-order valence-electron chi connectivity index (χ4n) is 4.09. The largest absolute Gasteiger partial charge is 0.465 e. The first-order chi connectivity index (χ1) is 16.2. The van der Waals surface area contributed by atoms with Crippen molar-refractivity contribution in [1.29, 1.82) is 0 Å². The van der Waals surface area contributed by atoms with E-state index in [2.05, 4.69) is 56.4 Å². The lowest BCUT2D eigenvalue weighted by molar-refractivity contribution is -0.133. The first-order valence-corrected chi connectivity index (χ1v) is 15.5. The number of para-hydroxylation sites is 1. The number of methoxy groups -OCH3 is 1. The van der Waals surface area contributed by atoms with Crippen molar-refractivity contribution in [2.24, 2.45) is 0 Å². The average molecular weight is 481 g/mol. The highest BCUT2D eigenvalue weighted by molar-refractivity contribution is 6.76. The Labute approximate surface area is 203 Å². The highest BCUT2D eigenvalue weighted by Gasteiger charge is 2.27. The molecule has 3 rings (SSSR count). The Morgan fingerprint density at radius 3 is 2.59 bits per heavy atom. The molecule has 1 aliphatic rings. The zero-order valence-electron chi connectivity index (χ0n) is 21.0. The number of rotatable bonds is 9. The van der Waals surface area contributed by atoms with E-state index in [1.165, 1.54) is 17.3 Å². The lowest BCUT2D eigenvalue weighted by Crippen LogP contribution is -2.25. The number of aromatic nitrogens is 1. The molecule has 0 unspecified atom stereocenters. The van der Waals surface area contributed by atoms with E-state index in [1.807, 2.05) is 24.3 Å². The third kappa shape index (κ3) is 5.89. The quantitative estimate of drug-likeness (QED) is 0.256. The molecule has 0 spiro atoms. The van der Waals surface area contributed by atoms with Gasteiger partial charge in [-0.1, -0.05) is 63.5 Å². The molecule has 0 saturated heterocycles. The van der Waals surface area contributed by atoms with Crippen LogP contribution < -0.4 is 0 Å². The van der Waals surface area contributed by atoms with Crippen LogP contribution in [0.2, 0.25) is 25.7 Å². The monoisotopic (exact) mass is 480 g/mol. The fraction of sp³-hybridized carbons (Fsp3) is 0.407. The van der Waals surface area contributed by atoms with Crippen LogP contribution in [-0.2, 0) is 20.7 Å². The van der Waals surface area contributed by atoms with Crippen molar-refractivity contribution in [3.8, 4) is 0 Å². The molecule has 2 heterocycles. The predicted octanol–water partition coefficient (Wildman–Crippen LogP) is 5.86. The molecule has 2 aromatic rings. The van der Waals surface area contributed by atoms with Gasteiger partial charge in [0.15, 0.2) is 0 Å². The molecule has 1 aromatic heterocycles. The number of ether oxygens (including phenoxy) is 2. The van der Waals surface area contributed by atoms with Crippen molar-refractivity contribution in [3.05, 3.63) is 66.0 Å². The number of hydrogen-bond donors (Lipinski definition) is 0. The van der Waals surface area contributed by atoms with E-state index in [1.54, 1.807) is 0 Å². The van der Waals surface area contributed by atoms with Gasteiger partial charge < -0.3 is 14.4 Å². The van der Waals surface area contributed by atoms with Gasteiger partial charge in [0.05, 0.1) is 30.5 Å². The maximum Gasteiger partial charge on any atom is 0.418 e. The van der Waals surface area contributed by atoms with Crippen LogP contribution in [0.5, 0.6) is 0 Å². The van der Waals surface area contributed by atoms with Gasteiger partial charge in [-0.25, -0.2) is 14.2 Å². The molecule has 0 radical (unpaired) electrons. The van der Waals surface area contributed by atoms with Crippen molar-refractivity contribution >= 4 is 36.6 Å². The van der Waals surface area contributed by atoms with Crippen molar-refractivity contribution in [1.82, 2.24) is 9.47 Å². The van der Waals surface area contributed by atoms with Crippen LogP contribution in [-0.4, -0.2) is 56.4 Å². The number of allylic oxidation sites excluding steroid dienone is 2. The number of esters is 1. The Kier molecular flexibility index (Phi) is 8.20. The standard InChI is InChI=1S/C27H36N2O4Si/c1-7-21-11-10-15-28(19-21)16-14-23-22-12-8-9-13-24(22)29(25(23)20(2)26(30)32-3)27(31)33-17-18-34(4,5)6/h8-13,19H,2,7,14-18H2,1,3-6H3. The summed E-state index contributed by atoms with van der Waals surface area (Å²) in [6, 6.07) is 8.55. The zero-order valence-corrected chi connectivity index (χ0v) is 22.0. The summed E-state index contributed by atoms with van der Waals surface area (Å²) in [5.74, 6) is -0.561. The topological polar surface area (TPSA) is 60.8 Å². The predicted molar refractivity (Wildman–Crippen MR) is 141 cm³/mol. The second kappa shape index (κ2) is 10.9. The number of fused-ring (bicyclic) bond motifs is 1. The number of hydrogen-bond acceptors (Lipinski definition) is 5. The average Bonchev–Trinajstić information content (AvgIpc) is 3.15. The third-order valence-corrected chi connectivity index (χ3v) is 7.74. The van der Waals surface area contributed by atoms with Crippen molar-refractivity contribution < 1.29 is 19.1 Å². The fourth-order valence-corrected chi connectivity index (χ4v) is 4.80. The Bertz CT molecular complexity index is 1140. The first kappa shape index (κ1) is 25.6. The first-order valence-electron chi connectivity index (χ1n) is 11.8. The van der Waals surface area contributed by atoms with Crippen molar-refractivity contribution in [2.45, 2.75) is 45.5 Å². The van der Waals surface area contributed by atoms with E-state index in [4.69, 9.17) is 9.47 Å². The van der Waals surface area contributed by atoms with E-state index in [-0.39, 0.29) is 5.57 Å². The molecule has 182 valence electrons. The van der Waals surface area contributed by atoms with Gasteiger partial charge in [-0.2, -0.15) is 0 Å². The SMILES string of the molecule is C=C(C(=O)OC)c1c(CCN2C=C(CC)C=CC2)c2ccccc2n1C(=O)OCC[Si](C)(C)C. The van der Waals surface area contributed by atoms with Gasteiger partial charge in [0, 0.05) is 32.7 Å². The minimum absolute atomic E-state index is 0.152. The van der Waals surface area contributed by atoms with Crippen molar-refractivity contribution in [2.75, 3.05) is 26.8 Å². The van der Waals surface area contributed by atoms with Gasteiger partial charge in [-0.15, -0.1) is 0 Å². The molecular weight excluding hydrogens is 444 g/mol. The molecule has 0 fully saturated rings. The summed E-state index contributed by atoms with van der Waals surface area (Å²) in [6.07, 6.45) is 7.62. The van der Waals surface area contributed by atoms with Crippen LogP contribution in [0.4, 0.5) is 4.79 Å². The highest BCUT2D eigenvalue weighted by Crippen LogP contribution is 2.32. The maximum absolute atomic E-state index is 13.3. The Morgan fingerprint density at radius 1 is 1.18 bits per heavy atom. The van der Waals surface area contributed by atoms with Crippen LogP contribution in [0.1, 0.15) is 24.6 Å². The molecule has 1 aromatic carbocycles. The number of benzene rings is 1. The van der Waals surface area contributed by atoms with Crippen LogP contribution in [0.25, 0.3) is 16.5 Å². The minimum atomic E-state index is -1.37. The highest BCUT2D eigenvalue weighted by atomic mass is 28.3. The van der Waals surface area contributed by atoms with E-state index < -0.39 is 20.1 Å². The zero-order chi connectivity index (χ0) is 24.9. The Hall–Kier alpha value is -3.06. The van der Waals surface area contributed by atoms with Gasteiger partial charge in [0.25, 0.3) is 0 Å². The van der Waals surface area contributed by atoms with Gasteiger partial charge in [0.2, 0.25) is 0 Å². The van der Waals surface area contributed by atoms with E-state index >= 15 is 0 Å². The summed E-state index contributed by atoms with van der Waals surface area (Å²) in [6.45, 7) is 14.8. The Balaban J connectivity index is 2.02. The molecule has 7 heteroatoms. The number of nitrogens with zero attached hydrogens (tertiary/aromatic N) is 2. The number of carbonyl (C=O) groups excluding carboxylic acids is 2. The molecule has 0 amide bonds. The second-order valence-electron chi connectivity index (χ2n) is 9.78. The molecule has 0 aliphatic carbocycles. The summed E-state index contributed by atoms with van der Waals surface area (Å²) in [5.41, 5.74) is 3.50. The molecule has 0 N–H and O–H groups in total. The van der Waals surface area contributed by atoms with Crippen LogP contribution in [0, 0.1) is 0 Å². The summed E-state index contributed by atoms with van der Waals surface area (Å²) in [5, 5.41) is 0.914. The maximum atomic E-state index is 13.3. The molecular formula is C27H36N2O4Si. The molecule has 34 heavy (non-hydrogen) atoms. The smallest absolute Gasteiger partial charge is 0.418 e. The van der Waals surface area contributed by atoms with Crippen LogP contribution in [0.15, 0.2) is 54.8 Å². The van der Waals surface area contributed by atoms with Gasteiger partial charge in [-0.3, -0.25) is 0 Å². The van der Waals surface area contributed by atoms with E-state index in [0.717, 1.165) is 36.5 Å². The normalized spacial score (nSPS) is 13.7. The molecule has 0 bridgehead atoms. The minimum Gasteiger partial charge on any atom is -0.465 e. The van der Waals surface area contributed by atoms with Gasteiger partial charge in [0.1, 0.15) is 0 Å². The van der Waals surface area contributed by atoms with E-state index in [9.17, 15) is 9.59 Å². The lowest BCUT2D eigenvalue weighted by Gasteiger charge is -2.23. The van der Waals surface area contributed by atoms with Gasteiger partial charge >= 0.3 is 12.1 Å². The van der Waals surface area contributed by atoms with Gasteiger partial charge in [-0.05, 0) is 36.1 Å². The summed E-state index contributed by atoms with van der Waals surface area (Å²) < 4.78 is 12.2.